The molecule has 19 heteroatoms. The van der Waals surface area contributed by atoms with Gasteiger partial charge in [0.1, 0.15) is 29.5 Å². The monoisotopic (exact) mass is 999 g/mol. The molecule has 2 aliphatic rings. The van der Waals surface area contributed by atoms with E-state index in [1.807, 2.05) is 71.0 Å². The number of thiazole rings is 1. The molecule has 2 aliphatic heterocycles. The fourth-order valence-corrected chi connectivity index (χ4v) is 10.3. The molecule has 0 spiro atoms. The Kier molecular flexibility index (Phi) is 15.9. The third-order valence-corrected chi connectivity index (χ3v) is 14.4. The number of alkyl halides is 3. The zero-order valence-electron chi connectivity index (χ0n) is 41.4. The number of rotatable bonds is 15. The number of ether oxygens (including phenoxy) is 1. The number of aromatic nitrogens is 3. The summed E-state index contributed by atoms with van der Waals surface area (Å²) in [6.45, 7) is 13.6. The predicted molar refractivity (Wildman–Crippen MR) is 267 cm³/mol. The van der Waals surface area contributed by atoms with Gasteiger partial charge in [0.2, 0.25) is 23.6 Å². The minimum atomic E-state index is -4.56. The first-order valence-corrected chi connectivity index (χ1v) is 24.9. The van der Waals surface area contributed by atoms with Crippen LogP contribution in [-0.4, -0.2) is 98.4 Å². The number of β-amino-alcohol motifs (C(OH)–C–C–N with tert-alkyl or cyclic N) is 1. The van der Waals surface area contributed by atoms with Gasteiger partial charge in [0.05, 0.1) is 52.5 Å². The number of carbonyl (C=O) groups excluding carboxylic acids is 4. The number of carbonyl (C=O) groups is 4. The molecule has 2 saturated heterocycles. The van der Waals surface area contributed by atoms with E-state index in [0.717, 1.165) is 39.4 Å². The molecule has 0 saturated carbocycles. The number of likely N-dealkylation sites (tertiary alicyclic amines) is 2. The van der Waals surface area contributed by atoms with Gasteiger partial charge in [-0.15, -0.1) is 11.3 Å². The summed E-state index contributed by atoms with van der Waals surface area (Å²) in [6, 6.07) is 12.2. The highest BCUT2D eigenvalue weighted by molar-refractivity contribution is 7.13. The van der Waals surface area contributed by atoms with Gasteiger partial charge in [-0.2, -0.15) is 13.2 Å². The SMILES string of the molecule is COc1cc2nc(C)nc(N[C@H](C)c3cc(N)cc(C(F)(F)F)c3)c2cc1C1CCN(C(=O)CCCC(=O)N[C@H](C(=O)N2C[C@H](O)C[C@H]2C(=O)N[C@@H](C)c2ccc(-c3scnc3C)cc2)C(C)(C)C)CC1. The predicted octanol–water partition coefficient (Wildman–Crippen LogP) is 8.40. The summed E-state index contributed by atoms with van der Waals surface area (Å²) in [7, 11) is 1.58. The fourth-order valence-electron chi connectivity index (χ4n) is 9.52. The molecule has 2 fully saturated rings. The van der Waals surface area contributed by atoms with Crippen LogP contribution in [-0.2, 0) is 25.4 Å². The van der Waals surface area contributed by atoms with Gasteiger partial charge in [0.25, 0.3) is 0 Å². The minimum absolute atomic E-state index is 0.000553. The summed E-state index contributed by atoms with van der Waals surface area (Å²) >= 11 is 1.56. The van der Waals surface area contributed by atoms with Gasteiger partial charge >= 0.3 is 6.18 Å². The van der Waals surface area contributed by atoms with Gasteiger partial charge in [0, 0.05) is 56.0 Å². The van der Waals surface area contributed by atoms with Crippen molar-refractivity contribution in [2.24, 2.45) is 5.41 Å². The molecule has 0 unspecified atom stereocenters. The fraction of sp³-hybridized carbons (Fsp3) is 0.481. The highest BCUT2D eigenvalue weighted by Crippen LogP contribution is 2.40. The number of aliphatic hydroxyl groups is 1. The summed E-state index contributed by atoms with van der Waals surface area (Å²) in [5.41, 5.74) is 10.8. The summed E-state index contributed by atoms with van der Waals surface area (Å²) in [6.07, 6.45) is -3.78. The topological polar surface area (TPSA) is 205 Å². The van der Waals surface area contributed by atoms with Gasteiger partial charge in [0.15, 0.2) is 0 Å². The lowest BCUT2D eigenvalue weighted by Crippen LogP contribution is -2.57. The van der Waals surface area contributed by atoms with Gasteiger partial charge in [-0.1, -0.05) is 45.0 Å². The average molecular weight is 1000 g/mol. The Morgan fingerprint density at radius 1 is 0.930 bits per heavy atom. The minimum Gasteiger partial charge on any atom is -0.496 e. The molecule has 7 rings (SSSR count). The quantitative estimate of drug-likeness (QED) is 0.0630. The number of nitrogens with zero attached hydrogens (tertiary/aromatic N) is 5. The number of amides is 4. The Hall–Kier alpha value is -6.34. The van der Waals surface area contributed by atoms with Gasteiger partial charge < -0.3 is 41.3 Å². The maximum atomic E-state index is 14.2. The number of halogens is 3. The van der Waals surface area contributed by atoms with E-state index in [-0.39, 0.29) is 55.8 Å². The maximum absolute atomic E-state index is 14.2. The second-order valence-electron chi connectivity index (χ2n) is 19.9. The maximum Gasteiger partial charge on any atom is 0.416 e. The Morgan fingerprint density at radius 2 is 1.63 bits per heavy atom. The molecule has 380 valence electrons. The lowest BCUT2D eigenvalue weighted by molar-refractivity contribution is -0.144. The highest BCUT2D eigenvalue weighted by Gasteiger charge is 2.45. The van der Waals surface area contributed by atoms with E-state index < -0.39 is 59.1 Å². The summed E-state index contributed by atoms with van der Waals surface area (Å²) in [4.78, 5) is 72.7. The van der Waals surface area contributed by atoms with Crippen LogP contribution in [0.25, 0.3) is 21.3 Å². The van der Waals surface area contributed by atoms with Crippen molar-refractivity contribution in [3.8, 4) is 16.2 Å². The van der Waals surface area contributed by atoms with Crippen molar-refractivity contribution in [1.82, 2.24) is 35.4 Å². The molecule has 6 N–H and O–H groups in total. The number of fused-ring (bicyclic) bond motifs is 1. The van der Waals surface area contributed by atoms with Crippen molar-refractivity contribution in [3.05, 3.63) is 93.9 Å². The van der Waals surface area contributed by atoms with Crippen LogP contribution in [0.1, 0.15) is 125 Å². The van der Waals surface area contributed by atoms with Crippen molar-refractivity contribution in [3.63, 3.8) is 0 Å². The molecule has 71 heavy (non-hydrogen) atoms. The van der Waals surface area contributed by atoms with Crippen LogP contribution in [0, 0.1) is 19.3 Å². The molecule has 2 aromatic heterocycles. The highest BCUT2D eigenvalue weighted by atomic mass is 32.1. The van der Waals surface area contributed by atoms with E-state index in [1.165, 1.54) is 11.0 Å². The first kappa shape index (κ1) is 52.5. The lowest BCUT2D eigenvalue weighted by Gasteiger charge is -2.35. The number of benzene rings is 3. The van der Waals surface area contributed by atoms with Gasteiger partial charge in [-0.3, -0.25) is 19.2 Å². The number of aliphatic hydroxyl groups excluding tert-OH is 1. The van der Waals surface area contributed by atoms with E-state index >= 15 is 0 Å². The van der Waals surface area contributed by atoms with Crippen LogP contribution in [0.2, 0.25) is 0 Å². The van der Waals surface area contributed by atoms with Crippen LogP contribution in [0.3, 0.4) is 0 Å². The van der Waals surface area contributed by atoms with Crippen LogP contribution in [0.15, 0.2) is 60.1 Å². The Balaban J connectivity index is 0.927. The normalized spacial score (nSPS) is 18.0. The number of hydrogen-bond acceptors (Lipinski definition) is 12. The van der Waals surface area contributed by atoms with Crippen LogP contribution in [0.4, 0.5) is 24.7 Å². The van der Waals surface area contributed by atoms with Gasteiger partial charge in [-0.05, 0) is 105 Å². The van der Waals surface area contributed by atoms with Crippen molar-refractivity contribution >= 4 is 57.4 Å². The molecule has 5 atom stereocenters. The molecule has 0 aliphatic carbocycles. The first-order chi connectivity index (χ1) is 33.5. The molecule has 0 bridgehead atoms. The van der Waals surface area contributed by atoms with E-state index in [0.29, 0.717) is 59.8 Å². The Bertz CT molecular complexity index is 2750. The molecular weight excluding hydrogens is 936 g/mol. The number of nitrogens with one attached hydrogen (secondary N) is 3. The number of aryl methyl sites for hydroxylation is 2. The Morgan fingerprint density at radius 3 is 2.27 bits per heavy atom. The summed E-state index contributed by atoms with van der Waals surface area (Å²) in [5, 5.41) is 20.6. The number of nitrogen functional groups attached to an aromatic ring is 1. The van der Waals surface area contributed by atoms with E-state index in [2.05, 4.69) is 30.9 Å². The smallest absolute Gasteiger partial charge is 0.416 e. The van der Waals surface area contributed by atoms with Crippen LogP contribution < -0.4 is 26.4 Å². The number of nitrogens with two attached hydrogens (primary N) is 1. The number of piperidine rings is 1. The molecule has 15 nitrogen and oxygen atoms in total. The van der Waals surface area contributed by atoms with Crippen molar-refractivity contribution in [1.29, 1.82) is 0 Å². The van der Waals surface area contributed by atoms with Gasteiger partial charge in [-0.25, -0.2) is 15.0 Å². The lowest BCUT2D eigenvalue weighted by atomic mass is 9.85. The number of methoxy groups -OCH3 is 1. The number of hydrogen-bond donors (Lipinski definition) is 5. The van der Waals surface area contributed by atoms with Crippen LogP contribution in [0.5, 0.6) is 5.75 Å². The molecule has 5 aromatic rings. The zero-order chi connectivity index (χ0) is 51.5. The van der Waals surface area contributed by atoms with Crippen LogP contribution >= 0.6 is 11.3 Å². The number of anilines is 2. The molecular formula is C52H64F3N9O6S. The van der Waals surface area contributed by atoms with Crippen molar-refractivity contribution in [2.75, 3.05) is 37.8 Å². The molecule has 4 amide bonds. The largest absolute Gasteiger partial charge is 0.496 e. The van der Waals surface area contributed by atoms with E-state index in [1.54, 1.807) is 42.7 Å². The second-order valence-corrected chi connectivity index (χ2v) is 20.7. The third kappa shape index (κ3) is 12.4. The second kappa shape index (κ2) is 21.6. The zero-order valence-corrected chi connectivity index (χ0v) is 42.3. The molecule has 3 aromatic carbocycles. The summed E-state index contributed by atoms with van der Waals surface area (Å²) < 4.78 is 46.7. The molecule has 0 radical (unpaired) electrons. The summed E-state index contributed by atoms with van der Waals surface area (Å²) in [5.74, 6) is 0.180. The van der Waals surface area contributed by atoms with E-state index in [9.17, 15) is 37.5 Å². The average Bonchev–Trinajstić information content (AvgIpc) is 3.94. The molecule has 4 heterocycles. The van der Waals surface area contributed by atoms with Crippen molar-refractivity contribution < 1.29 is 42.2 Å². The van der Waals surface area contributed by atoms with Crippen molar-refractivity contribution in [2.45, 2.75) is 129 Å². The standard InChI is InChI=1S/C52H64F3N9O6S/c1-28(32-12-14-34(15-13-32)46-30(3)57-27-71-46)59-49(68)42-23-38(65)26-64(42)50(69)47(51(5,6)7)62-44(66)10-9-11-45(67)63-18-16-33(17-19-63)39-24-40-41(25-43(39)70-8)60-31(4)61-48(40)58-29(2)35-20-36(52(53,54)55)22-37(56)21-35/h12-15,20-22,24-25,27-29,33,38,42,47,65H,9-11,16-19,23,26,56H2,1-8H3,(H,59,68)(H,62,66)(H,58,60,61)/t28-,29+,38+,42-,47+/m0/s1. The third-order valence-electron chi connectivity index (χ3n) is 13.5. The Labute approximate surface area is 416 Å². The van der Waals surface area contributed by atoms with E-state index in [4.69, 9.17) is 10.5 Å². The first-order valence-electron chi connectivity index (χ1n) is 24.0.